The maximum Gasteiger partial charge on any atom is 0.274 e. The Bertz CT molecular complexity index is 1280. The fourth-order valence-electron chi connectivity index (χ4n) is 4.15. The SMILES string of the molecule is CC1CN=C(c2ccc(NC(=O)c3ccc(C(=O)Nc4ccc(C5=NCC(C)CN5)cc4)nc3)cc2)NC1.Cl.Cl.O.O.O. The van der Waals surface area contributed by atoms with Gasteiger partial charge in [-0.3, -0.25) is 24.6 Å². The number of aromatic nitrogens is 1. The molecule has 2 unspecified atom stereocenters. The van der Waals surface area contributed by atoms with E-state index in [-0.39, 0.29) is 58.8 Å². The Hall–Kier alpha value is -4.07. The highest BCUT2D eigenvalue weighted by atomic mass is 35.5. The van der Waals surface area contributed by atoms with Crippen LogP contribution in [0, 0.1) is 11.8 Å². The normalized spacial score (nSPS) is 16.6. The number of carbonyl (C=O) groups is 2. The molecule has 2 aliphatic heterocycles. The first-order chi connectivity index (χ1) is 18.4. The molecule has 2 atom stereocenters. The van der Waals surface area contributed by atoms with E-state index in [1.54, 1.807) is 6.07 Å². The second-order valence-corrected chi connectivity index (χ2v) is 9.85. The summed E-state index contributed by atoms with van der Waals surface area (Å²) in [7, 11) is 0. The molecule has 3 aromatic rings. The molecule has 12 nitrogen and oxygen atoms in total. The van der Waals surface area contributed by atoms with Crippen LogP contribution in [0.2, 0.25) is 0 Å². The van der Waals surface area contributed by atoms with E-state index in [4.69, 9.17) is 0 Å². The average molecular weight is 637 g/mol. The lowest BCUT2D eigenvalue weighted by atomic mass is 10.1. The quantitative estimate of drug-likeness (QED) is 0.318. The summed E-state index contributed by atoms with van der Waals surface area (Å²) in [5.41, 5.74) is 3.86. The number of halogens is 2. The van der Waals surface area contributed by atoms with Gasteiger partial charge in [0.25, 0.3) is 11.8 Å². The second kappa shape index (κ2) is 17.8. The summed E-state index contributed by atoms with van der Waals surface area (Å²) in [4.78, 5) is 38.7. The van der Waals surface area contributed by atoms with Crippen molar-refractivity contribution in [2.24, 2.45) is 21.8 Å². The second-order valence-electron chi connectivity index (χ2n) is 9.85. The van der Waals surface area contributed by atoms with Crippen molar-refractivity contribution in [3.63, 3.8) is 0 Å². The predicted octanol–water partition coefficient (Wildman–Crippen LogP) is 1.93. The van der Waals surface area contributed by atoms with Crippen LogP contribution in [0.15, 0.2) is 76.8 Å². The minimum atomic E-state index is -0.351. The van der Waals surface area contributed by atoms with E-state index < -0.39 is 0 Å². The Balaban J connectivity index is 0.00000353. The molecular formula is C29H39Cl2N7O5. The number of anilines is 2. The summed E-state index contributed by atoms with van der Waals surface area (Å²) < 4.78 is 0. The highest BCUT2D eigenvalue weighted by Crippen LogP contribution is 2.15. The van der Waals surface area contributed by atoms with E-state index in [0.717, 1.165) is 49.0 Å². The predicted molar refractivity (Wildman–Crippen MR) is 176 cm³/mol. The lowest BCUT2D eigenvalue weighted by Gasteiger charge is -2.20. The monoisotopic (exact) mass is 635 g/mol. The van der Waals surface area contributed by atoms with Crippen LogP contribution in [-0.2, 0) is 0 Å². The molecule has 0 bridgehead atoms. The third-order valence-electron chi connectivity index (χ3n) is 6.45. The van der Waals surface area contributed by atoms with Crippen molar-refractivity contribution >= 4 is 59.7 Å². The van der Waals surface area contributed by atoms with Gasteiger partial charge >= 0.3 is 0 Å². The summed E-state index contributed by atoms with van der Waals surface area (Å²) >= 11 is 0. The molecule has 3 heterocycles. The third-order valence-corrected chi connectivity index (χ3v) is 6.45. The topological polar surface area (TPSA) is 214 Å². The minimum absolute atomic E-state index is 0. The van der Waals surface area contributed by atoms with E-state index in [2.05, 4.69) is 50.1 Å². The smallest absolute Gasteiger partial charge is 0.274 e. The molecule has 0 saturated carbocycles. The molecule has 43 heavy (non-hydrogen) atoms. The van der Waals surface area contributed by atoms with Crippen molar-refractivity contribution in [2.45, 2.75) is 13.8 Å². The number of amides is 2. The fraction of sp³-hybridized carbons (Fsp3) is 0.276. The molecule has 5 rings (SSSR count). The summed E-state index contributed by atoms with van der Waals surface area (Å²) in [6.07, 6.45) is 1.40. The number of nitrogens with zero attached hydrogens (tertiary/aromatic N) is 3. The van der Waals surface area contributed by atoms with Crippen LogP contribution in [-0.4, -0.2) is 71.1 Å². The van der Waals surface area contributed by atoms with Crippen LogP contribution in [0.25, 0.3) is 0 Å². The molecule has 0 saturated heterocycles. The summed E-state index contributed by atoms with van der Waals surface area (Å²) in [6.45, 7) is 7.73. The number of nitrogens with one attached hydrogen (secondary N) is 4. The summed E-state index contributed by atoms with van der Waals surface area (Å²) in [6, 6.07) is 18.2. The van der Waals surface area contributed by atoms with Crippen molar-refractivity contribution in [1.82, 2.24) is 15.6 Å². The van der Waals surface area contributed by atoms with Crippen molar-refractivity contribution in [1.29, 1.82) is 0 Å². The van der Waals surface area contributed by atoms with Crippen molar-refractivity contribution in [3.8, 4) is 0 Å². The molecule has 14 heteroatoms. The van der Waals surface area contributed by atoms with E-state index in [0.29, 0.717) is 28.8 Å². The Morgan fingerprint density at radius 2 is 1.12 bits per heavy atom. The number of rotatable bonds is 6. The Kier molecular flexibility index (Phi) is 16.1. The van der Waals surface area contributed by atoms with Crippen LogP contribution in [0.1, 0.15) is 45.8 Å². The lowest BCUT2D eigenvalue weighted by Crippen LogP contribution is -2.35. The van der Waals surface area contributed by atoms with E-state index in [9.17, 15) is 9.59 Å². The largest absolute Gasteiger partial charge is 0.412 e. The Morgan fingerprint density at radius 3 is 1.49 bits per heavy atom. The molecular weight excluding hydrogens is 597 g/mol. The molecule has 1 aromatic heterocycles. The maximum atomic E-state index is 12.7. The molecule has 2 aromatic carbocycles. The standard InChI is InChI=1S/C29H31N7O2.2ClH.3H2O/c1-18-13-31-26(32-14-18)20-3-8-23(9-4-20)35-28(37)22-7-12-25(30-17-22)29(38)36-24-10-5-21(6-11-24)27-33-15-19(2)16-34-27;;;;;/h3-12,17-19H,13-16H2,1-2H3,(H,31,32)(H,33,34)(H,35,37)(H,36,38);2*1H;3*1H2. The molecule has 0 radical (unpaired) electrons. The zero-order valence-corrected chi connectivity index (χ0v) is 25.4. The van der Waals surface area contributed by atoms with Gasteiger partial charge in [0.2, 0.25) is 0 Å². The van der Waals surface area contributed by atoms with Crippen molar-refractivity contribution < 1.29 is 26.0 Å². The van der Waals surface area contributed by atoms with Gasteiger partial charge in [0.1, 0.15) is 17.4 Å². The average Bonchev–Trinajstić information content (AvgIpc) is 2.95. The van der Waals surface area contributed by atoms with Gasteiger partial charge in [-0.15, -0.1) is 24.8 Å². The van der Waals surface area contributed by atoms with Gasteiger partial charge < -0.3 is 37.7 Å². The van der Waals surface area contributed by atoms with Gasteiger partial charge in [0, 0.05) is 54.9 Å². The summed E-state index contributed by atoms with van der Waals surface area (Å²) in [5, 5.41) is 12.4. The molecule has 234 valence electrons. The molecule has 2 amide bonds. The zero-order chi connectivity index (χ0) is 26.5. The van der Waals surface area contributed by atoms with Crippen LogP contribution in [0.4, 0.5) is 11.4 Å². The first kappa shape index (κ1) is 38.9. The van der Waals surface area contributed by atoms with Crippen LogP contribution in [0.3, 0.4) is 0 Å². The molecule has 10 N–H and O–H groups in total. The Morgan fingerprint density at radius 1 is 0.674 bits per heavy atom. The first-order valence-corrected chi connectivity index (χ1v) is 12.8. The zero-order valence-electron chi connectivity index (χ0n) is 23.8. The van der Waals surface area contributed by atoms with Crippen LogP contribution < -0.4 is 21.3 Å². The molecule has 0 spiro atoms. The number of aliphatic imine (C=N–C) groups is 2. The molecule has 0 fully saturated rings. The number of carbonyl (C=O) groups excluding carboxylic acids is 2. The van der Waals surface area contributed by atoms with E-state index in [1.165, 1.54) is 12.3 Å². The maximum absolute atomic E-state index is 12.7. The highest BCUT2D eigenvalue weighted by Gasteiger charge is 2.15. The van der Waals surface area contributed by atoms with Gasteiger partial charge in [-0.2, -0.15) is 0 Å². The van der Waals surface area contributed by atoms with Crippen molar-refractivity contribution in [2.75, 3.05) is 36.8 Å². The van der Waals surface area contributed by atoms with Crippen molar-refractivity contribution in [3.05, 3.63) is 89.2 Å². The van der Waals surface area contributed by atoms with Crippen LogP contribution in [0.5, 0.6) is 0 Å². The fourth-order valence-corrected chi connectivity index (χ4v) is 4.15. The number of pyridine rings is 1. The minimum Gasteiger partial charge on any atom is -0.412 e. The number of hydrogen-bond acceptors (Lipinski definition) is 7. The van der Waals surface area contributed by atoms with Crippen LogP contribution >= 0.6 is 24.8 Å². The van der Waals surface area contributed by atoms with E-state index in [1.807, 2.05) is 48.5 Å². The number of amidine groups is 2. The number of hydrogen-bond donors (Lipinski definition) is 4. The first-order valence-electron chi connectivity index (χ1n) is 12.8. The summed E-state index contributed by atoms with van der Waals surface area (Å²) in [5.74, 6) is 2.15. The number of benzene rings is 2. The highest BCUT2D eigenvalue weighted by molar-refractivity contribution is 6.06. The Labute approximate surface area is 262 Å². The van der Waals surface area contributed by atoms with Gasteiger partial charge in [-0.05, 0) is 72.5 Å². The van der Waals surface area contributed by atoms with Gasteiger partial charge in [0.15, 0.2) is 0 Å². The van der Waals surface area contributed by atoms with E-state index >= 15 is 0 Å². The molecule has 0 aliphatic carbocycles. The third kappa shape index (κ3) is 10.0. The van der Waals surface area contributed by atoms with Gasteiger partial charge in [-0.25, -0.2) is 0 Å². The lowest BCUT2D eigenvalue weighted by molar-refractivity contribution is 0.101. The van der Waals surface area contributed by atoms with Gasteiger partial charge in [0.05, 0.1) is 5.56 Å². The molecule has 2 aliphatic rings. The van der Waals surface area contributed by atoms with Gasteiger partial charge in [-0.1, -0.05) is 13.8 Å².